The second-order valence-electron chi connectivity index (χ2n) is 7.32. The van der Waals surface area contributed by atoms with Crippen LogP contribution in [0.25, 0.3) is 5.82 Å². The van der Waals surface area contributed by atoms with E-state index in [1.54, 1.807) is 23.0 Å². The van der Waals surface area contributed by atoms with E-state index in [2.05, 4.69) is 26.4 Å². The minimum absolute atomic E-state index is 0.0586. The molecular weight excluding hydrogens is 400 g/mol. The number of amides is 2. The zero-order chi connectivity index (χ0) is 20.5. The molecule has 2 aromatic heterocycles. The molecule has 1 aromatic carbocycles. The first-order valence-electron chi connectivity index (χ1n) is 9.87. The van der Waals surface area contributed by atoms with Gasteiger partial charge in [0.25, 0.3) is 5.91 Å². The van der Waals surface area contributed by atoms with Crippen LogP contribution in [0, 0.1) is 0 Å². The van der Waals surface area contributed by atoms with Crippen LogP contribution in [0.4, 0.5) is 5.69 Å². The average molecular weight is 420 g/mol. The predicted octanol–water partition coefficient (Wildman–Crippen LogP) is 2.24. The lowest BCUT2D eigenvalue weighted by atomic mass is 10.2. The van der Waals surface area contributed by atoms with Gasteiger partial charge in [-0.2, -0.15) is 5.10 Å². The van der Waals surface area contributed by atoms with Crippen molar-refractivity contribution in [2.24, 2.45) is 0 Å². The van der Waals surface area contributed by atoms with Gasteiger partial charge >= 0.3 is 0 Å². The van der Waals surface area contributed by atoms with E-state index < -0.39 is 0 Å². The van der Waals surface area contributed by atoms with Gasteiger partial charge in [0.15, 0.2) is 11.5 Å². The standard InChI is InChI=1S/C21H20N6O2S/c28-20(26-9-7-14-3-1-2-4-17(14)26)12-30-19-11-18(22-13-23-19)27-10-8-16(25-27)21(29)24-15-5-6-15/h1-4,8,10-11,13,15H,5-7,9,12H2,(H,24,29). The first kappa shape index (κ1) is 18.8. The summed E-state index contributed by atoms with van der Waals surface area (Å²) in [7, 11) is 0. The van der Waals surface area contributed by atoms with Crippen molar-refractivity contribution in [1.82, 2.24) is 25.1 Å². The summed E-state index contributed by atoms with van der Waals surface area (Å²) in [5.41, 5.74) is 2.57. The second-order valence-corrected chi connectivity index (χ2v) is 8.32. The zero-order valence-corrected chi connectivity index (χ0v) is 17.0. The van der Waals surface area contributed by atoms with Gasteiger partial charge in [-0.25, -0.2) is 14.6 Å². The van der Waals surface area contributed by atoms with Gasteiger partial charge in [-0.05, 0) is 37.0 Å². The predicted molar refractivity (Wildman–Crippen MR) is 113 cm³/mol. The maximum Gasteiger partial charge on any atom is 0.272 e. The molecule has 0 unspecified atom stereocenters. The van der Waals surface area contributed by atoms with Gasteiger partial charge in [0.05, 0.1) is 5.75 Å². The number of nitrogens with one attached hydrogen (secondary N) is 1. The van der Waals surface area contributed by atoms with Crippen molar-refractivity contribution in [3.05, 3.63) is 60.2 Å². The Morgan fingerprint density at radius 1 is 1.17 bits per heavy atom. The van der Waals surface area contributed by atoms with Crippen LogP contribution in [-0.4, -0.2) is 49.9 Å². The van der Waals surface area contributed by atoms with E-state index in [0.717, 1.165) is 24.9 Å². The molecule has 3 aromatic rings. The number of thioether (sulfide) groups is 1. The molecule has 0 saturated heterocycles. The third kappa shape index (κ3) is 3.93. The van der Waals surface area contributed by atoms with Gasteiger partial charge in [-0.1, -0.05) is 30.0 Å². The molecule has 0 bridgehead atoms. The topological polar surface area (TPSA) is 93.0 Å². The Balaban J connectivity index is 1.24. The number of carbonyl (C=O) groups excluding carboxylic acids is 2. The molecule has 0 radical (unpaired) electrons. The molecule has 1 aliphatic carbocycles. The highest BCUT2D eigenvalue weighted by atomic mass is 32.2. The van der Waals surface area contributed by atoms with Crippen molar-refractivity contribution in [3.8, 4) is 5.82 Å². The van der Waals surface area contributed by atoms with E-state index in [0.29, 0.717) is 28.8 Å². The maximum atomic E-state index is 12.7. The molecule has 1 saturated carbocycles. The fourth-order valence-corrected chi connectivity index (χ4v) is 4.14. The van der Waals surface area contributed by atoms with Gasteiger partial charge in [0.2, 0.25) is 5.91 Å². The average Bonchev–Trinajstić information content (AvgIpc) is 3.28. The molecule has 9 heteroatoms. The quantitative estimate of drug-likeness (QED) is 0.486. The highest BCUT2D eigenvalue weighted by Crippen LogP contribution is 2.28. The summed E-state index contributed by atoms with van der Waals surface area (Å²) in [6.07, 6.45) is 6.09. The zero-order valence-electron chi connectivity index (χ0n) is 16.2. The summed E-state index contributed by atoms with van der Waals surface area (Å²) in [6, 6.07) is 11.7. The Kier molecular flexibility index (Phi) is 4.96. The van der Waals surface area contributed by atoms with Crippen molar-refractivity contribution in [2.75, 3.05) is 17.2 Å². The third-order valence-electron chi connectivity index (χ3n) is 5.13. The monoisotopic (exact) mass is 420 g/mol. The molecule has 2 amide bonds. The maximum absolute atomic E-state index is 12.7. The fraction of sp³-hybridized carbons (Fsp3) is 0.286. The molecule has 1 aliphatic heterocycles. The van der Waals surface area contributed by atoms with Crippen LogP contribution in [-0.2, 0) is 11.2 Å². The van der Waals surface area contributed by atoms with Gasteiger partial charge in [0, 0.05) is 30.5 Å². The second kappa shape index (κ2) is 7.91. The SMILES string of the molecule is O=C(NC1CC1)c1ccn(-c2cc(SCC(=O)N3CCc4ccccc43)ncn2)n1. The summed E-state index contributed by atoms with van der Waals surface area (Å²) < 4.78 is 1.55. The first-order chi connectivity index (χ1) is 14.7. The van der Waals surface area contributed by atoms with E-state index in [4.69, 9.17) is 0 Å². The largest absolute Gasteiger partial charge is 0.348 e. The van der Waals surface area contributed by atoms with E-state index in [1.165, 1.54) is 23.7 Å². The van der Waals surface area contributed by atoms with E-state index in [9.17, 15) is 9.59 Å². The molecule has 8 nitrogen and oxygen atoms in total. The van der Waals surface area contributed by atoms with Gasteiger partial charge < -0.3 is 10.2 Å². The summed E-state index contributed by atoms with van der Waals surface area (Å²) in [4.78, 5) is 35.2. The molecule has 2 aliphatic rings. The van der Waals surface area contributed by atoms with Crippen molar-refractivity contribution in [2.45, 2.75) is 30.3 Å². The number of anilines is 1. The van der Waals surface area contributed by atoms with E-state index >= 15 is 0 Å². The molecule has 3 heterocycles. The molecule has 1 N–H and O–H groups in total. The Labute approximate surface area is 177 Å². The van der Waals surface area contributed by atoms with Crippen LogP contribution in [0.2, 0.25) is 0 Å². The summed E-state index contributed by atoms with van der Waals surface area (Å²) in [6.45, 7) is 0.715. The number of benzene rings is 1. The first-order valence-corrected chi connectivity index (χ1v) is 10.9. The molecule has 30 heavy (non-hydrogen) atoms. The molecular formula is C21H20N6O2S. The van der Waals surface area contributed by atoms with Gasteiger partial charge in [-0.3, -0.25) is 9.59 Å². The Morgan fingerprint density at radius 3 is 2.90 bits per heavy atom. The lowest BCUT2D eigenvalue weighted by molar-refractivity contribution is -0.116. The Hall–Kier alpha value is -3.20. The number of rotatable bonds is 6. The number of fused-ring (bicyclic) bond motifs is 1. The minimum atomic E-state index is -0.170. The highest BCUT2D eigenvalue weighted by Gasteiger charge is 2.25. The normalized spacial score (nSPS) is 15.1. The molecule has 0 atom stereocenters. The van der Waals surface area contributed by atoms with Crippen molar-refractivity contribution < 1.29 is 9.59 Å². The summed E-state index contributed by atoms with van der Waals surface area (Å²) >= 11 is 1.37. The lowest BCUT2D eigenvalue weighted by Gasteiger charge is -2.16. The van der Waals surface area contributed by atoms with Crippen LogP contribution in [0.15, 0.2) is 53.9 Å². The van der Waals surface area contributed by atoms with E-state index in [-0.39, 0.29) is 17.9 Å². The highest BCUT2D eigenvalue weighted by molar-refractivity contribution is 7.99. The van der Waals surface area contributed by atoms with Crippen LogP contribution < -0.4 is 10.2 Å². The van der Waals surface area contributed by atoms with E-state index in [1.807, 2.05) is 23.1 Å². The minimum Gasteiger partial charge on any atom is -0.348 e. The lowest BCUT2D eigenvalue weighted by Crippen LogP contribution is -2.30. The Morgan fingerprint density at radius 2 is 2.03 bits per heavy atom. The molecule has 0 spiro atoms. The van der Waals surface area contributed by atoms with Gasteiger partial charge in [0.1, 0.15) is 11.4 Å². The third-order valence-corrected chi connectivity index (χ3v) is 6.04. The van der Waals surface area contributed by atoms with Crippen molar-refractivity contribution in [3.63, 3.8) is 0 Å². The number of nitrogens with zero attached hydrogens (tertiary/aromatic N) is 5. The van der Waals surface area contributed by atoms with Crippen LogP contribution >= 0.6 is 11.8 Å². The van der Waals surface area contributed by atoms with Crippen molar-refractivity contribution in [1.29, 1.82) is 0 Å². The van der Waals surface area contributed by atoms with Crippen molar-refractivity contribution >= 4 is 29.3 Å². The van der Waals surface area contributed by atoms with Crippen LogP contribution in [0.5, 0.6) is 0 Å². The fourth-order valence-electron chi connectivity index (χ4n) is 3.40. The molecule has 5 rings (SSSR count). The number of carbonyl (C=O) groups is 2. The number of hydrogen-bond donors (Lipinski definition) is 1. The summed E-state index contributed by atoms with van der Waals surface area (Å²) in [5.74, 6) is 0.732. The number of hydrogen-bond acceptors (Lipinski definition) is 6. The van der Waals surface area contributed by atoms with Gasteiger partial charge in [-0.15, -0.1) is 0 Å². The number of para-hydroxylation sites is 1. The smallest absolute Gasteiger partial charge is 0.272 e. The van der Waals surface area contributed by atoms with Crippen LogP contribution in [0.1, 0.15) is 28.9 Å². The summed E-state index contributed by atoms with van der Waals surface area (Å²) in [5, 5.41) is 7.92. The van der Waals surface area contributed by atoms with Crippen LogP contribution in [0.3, 0.4) is 0 Å². The molecule has 152 valence electrons. The Bertz CT molecular complexity index is 1110. The number of aromatic nitrogens is 4. The molecule has 1 fully saturated rings.